The molecule has 2 amide bonds. The van der Waals surface area contributed by atoms with Crippen molar-refractivity contribution in [3.05, 3.63) is 64.2 Å². The van der Waals surface area contributed by atoms with Crippen LogP contribution in [0.1, 0.15) is 24.4 Å². The van der Waals surface area contributed by atoms with Crippen LogP contribution in [0.2, 0.25) is 0 Å². The summed E-state index contributed by atoms with van der Waals surface area (Å²) in [6, 6.07) is 11.7. The van der Waals surface area contributed by atoms with E-state index in [2.05, 4.69) is 10.6 Å². The number of cyclic esters (lactones) is 1. The molecule has 1 saturated heterocycles. The fourth-order valence-corrected chi connectivity index (χ4v) is 5.87. The summed E-state index contributed by atoms with van der Waals surface area (Å²) in [6.07, 6.45) is 0.714. The number of hydrogen-bond donors (Lipinski definition) is 2. The SMILES string of the molecule is O=C1CSc2ccc(N3C[C@@H](CCCN[C@H]4Cn5c(=O)ccc6ccc(F)c4c65)OC3=O)cc2N1. The highest BCUT2D eigenvalue weighted by molar-refractivity contribution is 8.00. The summed E-state index contributed by atoms with van der Waals surface area (Å²) in [6.45, 7) is 1.42. The van der Waals surface area contributed by atoms with Gasteiger partial charge in [0.25, 0.3) is 5.56 Å². The first kappa shape index (κ1) is 22.1. The van der Waals surface area contributed by atoms with Gasteiger partial charge in [-0.25, -0.2) is 9.18 Å². The Morgan fingerprint density at radius 2 is 1.97 bits per heavy atom. The molecule has 0 aliphatic carbocycles. The van der Waals surface area contributed by atoms with Crippen molar-refractivity contribution < 1.29 is 18.7 Å². The standard InChI is InChI=1S/C25H23FN4O4S/c26-17-6-3-14-4-8-22(32)30-12-19(23(17)24(14)30)27-9-1-2-16-11-29(25(33)34-16)15-5-7-20-18(10-15)28-21(31)13-35-20/h3-8,10,16,19,27H,1-2,9,11-13H2,(H,28,31)/t16-,19+/m1/s1. The van der Waals surface area contributed by atoms with E-state index < -0.39 is 6.09 Å². The highest BCUT2D eigenvalue weighted by Gasteiger charge is 2.33. The molecule has 10 heteroatoms. The fourth-order valence-electron chi connectivity index (χ4n) is 5.08. The van der Waals surface area contributed by atoms with Crippen LogP contribution < -0.4 is 21.1 Å². The molecule has 1 aromatic heterocycles. The second kappa shape index (κ2) is 8.69. The molecule has 0 saturated carbocycles. The van der Waals surface area contributed by atoms with Gasteiger partial charge in [0.05, 0.1) is 29.5 Å². The van der Waals surface area contributed by atoms with Crippen molar-refractivity contribution in [2.75, 3.05) is 29.1 Å². The number of hydrogen-bond acceptors (Lipinski definition) is 6. The van der Waals surface area contributed by atoms with Crippen LogP contribution in [-0.4, -0.2) is 41.5 Å². The van der Waals surface area contributed by atoms with E-state index in [0.29, 0.717) is 54.3 Å². The van der Waals surface area contributed by atoms with Gasteiger partial charge in [0.2, 0.25) is 5.91 Å². The predicted molar refractivity (Wildman–Crippen MR) is 132 cm³/mol. The number of carbonyl (C=O) groups excluding carboxylic acids is 2. The molecular formula is C25H23FN4O4S. The van der Waals surface area contributed by atoms with E-state index in [-0.39, 0.29) is 29.4 Å². The van der Waals surface area contributed by atoms with Crippen molar-refractivity contribution in [3.8, 4) is 0 Å². The van der Waals surface area contributed by atoms with E-state index in [1.807, 2.05) is 12.1 Å². The van der Waals surface area contributed by atoms with Crippen molar-refractivity contribution in [1.29, 1.82) is 0 Å². The Morgan fingerprint density at radius 1 is 1.11 bits per heavy atom. The average molecular weight is 495 g/mol. The van der Waals surface area contributed by atoms with Crippen molar-refractivity contribution in [3.63, 3.8) is 0 Å². The molecule has 3 aliphatic rings. The maximum absolute atomic E-state index is 14.6. The third-order valence-corrected chi connectivity index (χ3v) is 7.80. The molecule has 35 heavy (non-hydrogen) atoms. The topological polar surface area (TPSA) is 92.7 Å². The number of nitrogens with zero attached hydrogens (tertiary/aromatic N) is 2. The molecule has 2 aromatic carbocycles. The Labute approximate surface area is 204 Å². The first-order valence-corrected chi connectivity index (χ1v) is 12.6. The normalized spacial score (nSPS) is 20.8. The van der Waals surface area contributed by atoms with Gasteiger partial charge in [-0.15, -0.1) is 11.8 Å². The number of amides is 2. The van der Waals surface area contributed by atoms with Crippen molar-refractivity contribution >= 4 is 46.0 Å². The zero-order chi connectivity index (χ0) is 24.1. The summed E-state index contributed by atoms with van der Waals surface area (Å²) in [5.74, 6) is 0.0203. The number of carbonyl (C=O) groups is 2. The highest BCUT2D eigenvalue weighted by Crippen LogP contribution is 2.36. The smallest absolute Gasteiger partial charge is 0.414 e. The summed E-state index contributed by atoms with van der Waals surface area (Å²) < 4.78 is 21.8. The number of nitrogens with one attached hydrogen (secondary N) is 2. The van der Waals surface area contributed by atoms with Crippen LogP contribution in [-0.2, 0) is 16.1 Å². The fraction of sp³-hybridized carbons (Fsp3) is 0.320. The Hall–Kier alpha value is -3.37. The maximum Gasteiger partial charge on any atom is 0.414 e. The molecule has 1 fully saturated rings. The lowest BCUT2D eigenvalue weighted by atomic mass is 10.1. The Bertz CT molecular complexity index is 1420. The van der Waals surface area contributed by atoms with E-state index >= 15 is 0 Å². The van der Waals surface area contributed by atoms with Gasteiger partial charge in [0.15, 0.2) is 0 Å². The number of benzene rings is 2. The van der Waals surface area contributed by atoms with Gasteiger partial charge < -0.3 is 19.9 Å². The van der Waals surface area contributed by atoms with Gasteiger partial charge in [-0.2, -0.15) is 0 Å². The second-order valence-corrected chi connectivity index (χ2v) is 9.98. The van der Waals surface area contributed by atoms with Gasteiger partial charge >= 0.3 is 6.09 Å². The Balaban J connectivity index is 1.06. The van der Waals surface area contributed by atoms with Crippen LogP contribution in [0.3, 0.4) is 0 Å². The minimum atomic E-state index is -0.405. The largest absolute Gasteiger partial charge is 0.444 e. The molecule has 0 radical (unpaired) electrons. The van der Waals surface area contributed by atoms with Crippen molar-refractivity contribution in [2.24, 2.45) is 0 Å². The number of pyridine rings is 1. The quantitative estimate of drug-likeness (QED) is 0.509. The Kier molecular flexibility index (Phi) is 5.49. The number of aromatic nitrogens is 1. The maximum atomic E-state index is 14.6. The van der Waals surface area contributed by atoms with Crippen LogP contribution in [0.4, 0.5) is 20.6 Å². The number of anilines is 2. The number of ether oxygens (including phenoxy) is 1. The predicted octanol–water partition coefficient (Wildman–Crippen LogP) is 3.63. The summed E-state index contributed by atoms with van der Waals surface area (Å²) >= 11 is 1.47. The zero-order valence-corrected chi connectivity index (χ0v) is 19.6. The molecule has 0 spiro atoms. The van der Waals surface area contributed by atoms with Crippen molar-refractivity contribution in [1.82, 2.24) is 9.88 Å². The van der Waals surface area contributed by atoms with Crippen LogP contribution >= 0.6 is 11.8 Å². The van der Waals surface area contributed by atoms with Crippen molar-refractivity contribution in [2.45, 2.75) is 36.4 Å². The molecule has 3 aliphatic heterocycles. The van der Waals surface area contributed by atoms with Gasteiger partial charge in [0.1, 0.15) is 11.9 Å². The molecule has 3 aromatic rings. The van der Waals surface area contributed by atoms with Gasteiger partial charge in [-0.05, 0) is 61.2 Å². The molecule has 0 unspecified atom stereocenters. The van der Waals surface area contributed by atoms with Crippen LogP contribution in [0.5, 0.6) is 0 Å². The number of halogens is 1. The first-order valence-electron chi connectivity index (χ1n) is 11.6. The average Bonchev–Trinajstić information content (AvgIpc) is 3.42. The molecule has 2 N–H and O–H groups in total. The van der Waals surface area contributed by atoms with Crippen LogP contribution in [0.15, 0.2) is 52.2 Å². The molecular weight excluding hydrogens is 471 g/mol. The number of fused-ring (bicyclic) bond motifs is 1. The van der Waals surface area contributed by atoms with E-state index in [1.54, 1.807) is 27.7 Å². The summed E-state index contributed by atoms with van der Waals surface area (Å²) in [4.78, 5) is 39.0. The molecule has 0 bridgehead atoms. The summed E-state index contributed by atoms with van der Waals surface area (Å²) in [7, 11) is 0. The molecule has 6 rings (SSSR count). The van der Waals surface area contributed by atoms with Crippen LogP contribution in [0.25, 0.3) is 10.9 Å². The minimum Gasteiger partial charge on any atom is -0.444 e. The monoisotopic (exact) mass is 494 g/mol. The van der Waals surface area contributed by atoms with Crippen LogP contribution in [0, 0.1) is 5.82 Å². The van der Waals surface area contributed by atoms with E-state index in [9.17, 15) is 18.8 Å². The molecule has 2 atom stereocenters. The lowest BCUT2D eigenvalue weighted by molar-refractivity contribution is -0.113. The minimum absolute atomic E-state index is 0.0552. The van der Waals surface area contributed by atoms with E-state index in [0.717, 1.165) is 16.7 Å². The second-order valence-electron chi connectivity index (χ2n) is 8.96. The molecule has 180 valence electrons. The third-order valence-electron chi connectivity index (χ3n) is 6.73. The number of rotatable bonds is 6. The summed E-state index contributed by atoms with van der Waals surface area (Å²) in [5, 5.41) is 7.07. The Morgan fingerprint density at radius 3 is 2.86 bits per heavy atom. The first-order chi connectivity index (χ1) is 17.0. The molecule has 8 nitrogen and oxygen atoms in total. The zero-order valence-electron chi connectivity index (χ0n) is 18.8. The number of thioether (sulfide) groups is 1. The van der Waals surface area contributed by atoms with E-state index in [4.69, 9.17) is 4.74 Å². The lowest BCUT2D eigenvalue weighted by Crippen LogP contribution is -2.27. The summed E-state index contributed by atoms with van der Waals surface area (Å²) in [5.41, 5.74) is 2.47. The highest BCUT2D eigenvalue weighted by atomic mass is 32.2. The van der Waals surface area contributed by atoms with Gasteiger partial charge in [0, 0.05) is 28.8 Å². The lowest BCUT2D eigenvalue weighted by Gasteiger charge is -2.20. The van der Waals surface area contributed by atoms with E-state index in [1.165, 1.54) is 23.9 Å². The van der Waals surface area contributed by atoms with Gasteiger partial charge in [-0.3, -0.25) is 14.5 Å². The van der Waals surface area contributed by atoms with Gasteiger partial charge in [-0.1, -0.05) is 0 Å². The third kappa shape index (κ3) is 3.96. The molecule has 4 heterocycles.